The molecule has 0 bridgehead atoms. The average molecular weight is 483 g/mol. The largest absolute Gasteiger partial charge is 0.419 e. The Morgan fingerprint density at radius 2 is 2.00 bits per heavy atom. The normalized spacial score (nSPS) is 14.5. The lowest BCUT2D eigenvalue weighted by atomic mass is 9.97. The highest BCUT2D eigenvalue weighted by Crippen LogP contribution is 2.38. The second-order valence-corrected chi connectivity index (χ2v) is 10.7. The van der Waals surface area contributed by atoms with Gasteiger partial charge in [-0.15, -0.1) is 21.5 Å². The summed E-state index contributed by atoms with van der Waals surface area (Å²) in [6.45, 7) is 4.93. The van der Waals surface area contributed by atoms with Crippen LogP contribution in [0.2, 0.25) is 0 Å². The molecule has 7 nitrogen and oxygen atoms in total. The van der Waals surface area contributed by atoms with Gasteiger partial charge in [0, 0.05) is 17.6 Å². The highest BCUT2D eigenvalue weighted by Gasteiger charge is 2.24. The minimum Gasteiger partial charge on any atom is -0.419 e. The molecule has 1 aliphatic rings. The van der Waals surface area contributed by atoms with Crippen LogP contribution in [-0.2, 0) is 24.1 Å². The summed E-state index contributed by atoms with van der Waals surface area (Å²) in [7, 11) is 1.64. The molecule has 4 aromatic rings. The lowest BCUT2D eigenvalue weighted by Gasteiger charge is -2.14. The van der Waals surface area contributed by atoms with Crippen molar-refractivity contribution in [1.82, 2.24) is 19.7 Å². The third-order valence-corrected chi connectivity index (χ3v) is 8.19. The summed E-state index contributed by atoms with van der Waals surface area (Å²) in [5.74, 6) is 0.997. The number of methoxy groups -OCH3 is 1. The van der Waals surface area contributed by atoms with E-state index in [0.29, 0.717) is 30.1 Å². The second kappa shape index (κ2) is 9.40. The van der Waals surface area contributed by atoms with E-state index in [2.05, 4.69) is 10.2 Å². The van der Waals surface area contributed by atoms with Crippen LogP contribution in [0.5, 0.6) is 0 Å². The number of rotatable bonds is 7. The van der Waals surface area contributed by atoms with Gasteiger partial charge in [0.15, 0.2) is 5.16 Å². The van der Waals surface area contributed by atoms with Gasteiger partial charge in [-0.2, -0.15) is 0 Å². The standard InChI is InChI=1S/C24H26N4O3S2/c1-14-8-10-16(11-9-14)21-27-26-20(31-21)15(2)32-24-25-22-19(23(29)28(24)12-13-30-3)17-6-4-5-7-18(17)33-22/h8-11,15H,4-7,12-13H2,1-3H3. The molecule has 1 unspecified atom stereocenters. The van der Waals surface area contributed by atoms with Gasteiger partial charge in [0.25, 0.3) is 5.56 Å². The van der Waals surface area contributed by atoms with Gasteiger partial charge in [0.05, 0.1) is 23.8 Å². The van der Waals surface area contributed by atoms with Crippen molar-refractivity contribution in [1.29, 1.82) is 0 Å². The molecule has 0 spiro atoms. The zero-order chi connectivity index (χ0) is 22.9. The maximum atomic E-state index is 13.5. The Morgan fingerprint density at radius 1 is 1.21 bits per heavy atom. The van der Waals surface area contributed by atoms with Crippen molar-refractivity contribution in [2.75, 3.05) is 13.7 Å². The third kappa shape index (κ3) is 4.37. The van der Waals surface area contributed by atoms with Crippen LogP contribution in [0.15, 0.2) is 38.6 Å². The van der Waals surface area contributed by atoms with Gasteiger partial charge in [-0.25, -0.2) is 4.98 Å². The van der Waals surface area contributed by atoms with Crippen LogP contribution in [0, 0.1) is 6.92 Å². The molecule has 0 radical (unpaired) electrons. The van der Waals surface area contributed by atoms with E-state index in [-0.39, 0.29) is 10.8 Å². The lowest BCUT2D eigenvalue weighted by Crippen LogP contribution is -2.25. The summed E-state index contributed by atoms with van der Waals surface area (Å²) in [5, 5.41) is 9.78. The number of ether oxygens (including phenoxy) is 1. The molecule has 0 saturated heterocycles. The molecule has 3 heterocycles. The molecule has 172 valence electrons. The van der Waals surface area contributed by atoms with Crippen LogP contribution in [0.3, 0.4) is 0 Å². The topological polar surface area (TPSA) is 83.0 Å². The predicted octanol–water partition coefficient (Wildman–Crippen LogP) is 5.19. The number of nitrogens with zero attached hydrogens (tertiary/aromatic N) is 4. The Morgan fingerprint density at radius 3 is 2.79 bits per heavy atom. The van der Waals surface area contributed by atoms with Crippen LogP contribution in [0.25, 0.3) is 21.7 Å². The molecule has 0 amide bonds. The van der Waals surface area contributed by atoms with Gasteiger partial charge >= 0.3 is 0 Å². The first-order chi connectivity index (χ1) is 16.0. The van der Waals surface area contributed by atoms with Crippen molar-refractivity contribution >= 4 is 33.3 Å². The SMILES string of the molecule is COCCn1c(SC(C)c2nnc(-c3ccc(C)cc3)o2)nc2sc3c(c2c1=O)CCCC3. The van der Waals surface area contributed by atoms with E-state index in [9.17, 15) is 4.79 Å². The number of hydrogen-bond donors (Lipinski definition) is 0. The van der Waals surface area contributed by atoms with E-state index in [4.69, 9.17) is 14.1 Å². The zero-order valence-corrected chi connectivity index (χ0v) is 20.6. The van der Waals surface area contributed by atoms with Crippen molar-refractivity contribution in [2.24, 2.45) is 0 Å². The van der Waals surface area contributed by atoms with E-state index < -0.39 is 0 Å². The highest BCUT2D eigenvalue weighted by molar-refractivity contribution is 7.99. The Hall–Kier alpha value is -2.49. The van der Waals surface area contributed by atoms with Gasteiger partial charge in [-0.3, -0.25) is 9.36 Å². The minimum atomic E-state index is -0.163. The van der Waals surface area contributed by atoms with Crippen LogP contribution < -0.4 is 5.56 Å². The first-order valence-electron chi connectivity index (χ1n) is 11.2. The minimum absolute atomic E-state index is 0.0250. The third-order valence-electron chi connectivity index (χ3n) is 5.93. The van der Waals surface area contributed by atoms with Crippen molar-refractivity contribution in [2.45, 2.75) is 56.5 Å². The molecular weight excluding hydrogens is 456 g/mol. The summed E-state index contributed by atoms with van der Waals surface area (Å²) in [4.78, 5) is 20.6. The molecule has 3 aromatic heterocycles. The Bertz CT molecular complexity index is 1340. The Kier molecular flexibility index (Phi) is 6.36. The van der Waals surface area contributed by atoms with E-state index in [1.165, 1.54) is 34.2 Å². The summed E-state index contributed by atoms with van der Waals surface area (Å²) >= 11 is 3.13. The van der Waals surface area contributed by atoms with Gasteiger partial charge in [-0.05, 0) is 57.2 Å². The van der Waals surface area contributed by atoms with E-state index >= 15 is 0 Å². The van der Waals surface area contributed by atoms with Gasteiger partial charge in [0.1, 0.15) is 4.83 Å². The van der Waals surface area contributed by atoms with Crippen LogP contribution in [0.4, 0.5) is 0 Å². The number of benzene rings is 1. The van der Waals surface area contributed by atoms with E-state index in [1.807, 2.05) is 38.1 Å². The van der Waals surface area contributed by atoms with Crippen molar-refractivity contribution in [3.63, 3.8) is 0 Å². The monoisotopic (exact) mass is 482 g/mol. The molecule has 0 saturated carbocycles. The number of thiophene rings is 1. The molecular formula is C24H26N4O3S2. The maximum absolute atomic E-state index is 13.5. The number of aromatic nitrogens is 4. The maximum Gasteiger partial charge on any atom is 0.263 e. The lowest BCUT2D eigenvalue weighted by molar-refractivity contribution is 0.183. The molecule has 33 heavy (non-hydrogen) atoms. The molecule has 1 atom stereocenters. The van der Waals surface area contributed by atoms with Gasteiger partial charge in [-0.1, -0.05) is 29.5 Å². The Labute approximate surface area is 200 Å². The molecule has 1 aromatic carbocycles. The quantitative estimate of drug-likeness (QED) is 0.265. The van der Waals surface area contributed by atoms with Gasteiger partial charge < -0.3 is 9.15 Å². The van der Waals surface area contributed by atoms with E-state index in [1.54, 1.807) is 23.0 Å². The summed E-state index contributed by atoms with van der Waals surface area (Å²) in [5.41, 5.74) is 3.29. The van der Waals surface area contributed by atoms with E-state index in [0.717, 1.165) is 35.0 Å². The first-order valence-corrected chi connectivity index (χ1v) is 12.9. The fraction of sp³-hybridized carbons (Fsp3) is 0.417. The van der Waals surface area contributed by atoms with Gasteiger partial charge in [0.2, 0.25) is 11.8 Å². The number of hydrogen-bond acceptors (Lipinski definition) is 8. The number of thioether (sulfide) groups is 1. The fourth-order valence-electron chi connectivity index (χ4n) is 4.11. The molecule has 0 fully saturated rings. The molecule has 0 N–H and O–H groups in total. The Balaban J connectivity index is 1.48. The molecule has 0 aliphatic heterocycles. The molecule has 9 heteroatoms. The summed E-state index contributed by atoms with van der Waals surface area (Å²) in [6.07, 6.45) is 4.31. The van der Waals surface area contributed by atoms with Crippen LogP contribution >= 0.6 is 23.1 Å². The first kappa shape index (κ1) is 22.3. The predicted molar refractivity (Wildman–Crippen MR) is 131 cm³/mol. The smallest absolute Gasteiger partial charge is 0.263 e. The van der Waals surface area contributed by atoms with Crippen molar-refractivity contribution in [3.05, 3.63) is 56.5 Å². The number of aryl methyl sites for hydroxylation is 3. The zero-order valence-electron chi connectivity index (χ0n) is 19.0. The fourth-order valence-corrected chi connectivity index (χ4v) is 6.38. The van der Waals surface area contributed by atoms with Crippen LogP contribution in [0.1, 0.15) is 46.9 Å². The second-order valence-electron chi connectivity index (χ2n) is 8.31. The summed E-state index contributed by atoms with van der Waals surface area (Å²) < 4.78 is 13.0. The van der Waals surface area contributed by atoms with Crippen molar-refractivity contribution in [3.8, 4) is 11.5 Å². The number of fused-ring (bicyclic) bond motifs is 3. The molecule has 1 aliphatic carbocycles. The summed E-state index contributed by atoms with van der Waals surface area (Å²) in [6, 6.07) is 7.99. The van der Waals surface area contributed by atoms with Crippen molar-refractivity contribution < 1.29 is 9.15 Å². The van der Waals surface area contributed by atoms with Crippen LogP contribution in [-0.4, -0.2) is 33.5 Å². The highest BCUT2D eigenvalue weighted by atomic mass is 32.2. The average Bonchev–Trinajstić information content (AvgIpc) is 3.44. The molecule has 5 rings (SSSR count).